The largest absolute Gasteiger partial charge is 0.233 e. The Morgan fingerprint density at radius 2 is 1.68 bits per heavy atom. The number of rotatable bonds is 3. The van der Waals surface area contributed by atoms with E-state index in [1.165, 1.54) is 6.92 Å². The van der Waals surface area contributed by atoms with Gasteiger partial charge in [-0.3, -0.25) is 0 Å². The molecule has 1 heterocycles. The zero-order valence-corrected chi connectivity index (χ0v) is 10.4. The van der Waals surface area contributed by atoms with Crippen LogP contribution in [0.3, 0.4) is 0 Å². The minimum absolute atomic E-state index is 0.250. The summed E-state index contributed by atoms with van der Waals surface area (Å²) in [6, 6.07) is 8.23. The van der Waals surface area contributed by atoms with Crippen LogP contribution in [0.2, 0.25) is 0 Å². The second-order valence-electron chi connectivity index (χ2n) is 4.13. The molecule has 1 aliphatic heterocycles. The van der Waals surface area contributed by atoms with Gasteiger partial charge in [0.15, 0.2) is 10.1 Å². The highest BCUT2D eigenvalue weighted by Crippen LogP contribution is 2.35. The van der Waals surface area contributed by atoms with Crippen LogP contribution in [0.5, 0.6) is 0 Å². The number of nitrogens with zero attached hydrogens (tertiary/aromatic N) is 4. The van der Waals surface area contributed by atoms with Crippen molar-refractivity contribution in [2.75, 3.05) is 0 Å². The molecule has 1 aromatic rings. The van der Waals surface area contributed by atoms with Crippen LogP contribution in [0.25, 0.3) is 5.57 Å². The van der Waals surface area contributed by atoms with Crippen LogP contribution in [0.4, 0.5) is 0 Å². The van der Waals surface area contributed by atoms with Gasteiger partial charge < -0.3 is 0 Å². The highest BCUT2D eigenvalue weighted by molar-refractivity contribution is 5.72. The summed E-state index contributed by atoms with van der Waals surface area (Å²) in [6.07, 6.45) is 0. The molecule has 1 aromatic carbocycles. The first kappa shape index (κ1) is 12.8. The van der Waals surface area contributed by atoms with Crippen molar-refractivity contribution in [2.45, 2.75) is 19.9 Å². The Morgan fingerprint density at radius 3 is 2.11 bits per heavy atom. The topological polar surface area (TPSA) is 92.8 Å². The van der Waals surface area contributed by atoms with Gasteiger partial charge in [-0.2, -0.15) is 0 Å². The predicted octanol–water partition coefficient (Wildman–Crippen LogP) is 1.72. The first-order chi connectivity index (χ1) is 8.95. The fourth-order valence-corrected chi connectivity index (χ4v) is 2.32. The molecule has 8 heteroatoms. The van der Waals surface area contributed by atoms with Gasteiger partial charge in [-0.15, -0.1) is 0 Å². The third-order valence-electron chi connectivity index (χ3n) is 3.05. The molecular weight excluding hydrogens is 252 g/mol. The van der Waals surface area contributed by atoms with Crippen molar-refractivity contribution in [1.29, 1.82) is 0 Å². The van der Waals surface area contributed by atoms with Gasteiger partial charge in [0.2, 0.25) is 0 Å². The maximum absolute atomic E-state index is 11.0. The zero-order chi connectivity index (χ0) is 14.2. The van der Waals surface area contributed by atoms with Gasteiger partial charge in [0.05, 0.1) is 5.12 Å². The highest BCUT2D eigenvalue weighted by atomic mass is 16.7. The van der Waals surface area contributed by atoms with E-state index >= 15 is 0 Å². The van der Waals surface area contributed by atoms with Gasteiger partial charge in [-0.05, 0) is 19.4 Å². The van der Waals surface area contributed by atoms with E-state index in [1.807, 2.05) is 6.07 Å². The summed E-state index contributed by atoms with van der Waals surface area (Å²) < 4.78 is 0. The van der Waals surface area contributed by atoms with Crippen LogP contribution in [-0.4, -0.2) is 26.3 Å². The van der Waals surface area contributed by atoms with Crippen LogP contribution in [0, 0.1) is 20.2 Å². The summed E-state index contributed by atoms with van der Waals surface area (Å²) in [6.45, 7) is 3.07. The molecule has 0 amide bonds. The number of nitro groups is 2. The van der Waals surface area contributed by atoms with Gasteiger partial charge >= 0.3 is 0 Å². The number of hydrogen-bond acceptors (Lipinski definition) is 4. The number of allylic oxidation sites excluding steroid dienone is 1. The zero-order valence-electron chi connectivity index (χ0n) is 10.4. The van der Waals surface area contributed by atoms with E-state index < -0.39 is 16.1 Å². The number of hydrogen-bond donors (Lipinski definition) is 0. The molecule has 1 aliphatic rings. The average molecular weight is 264 g/mol. The van der Waals surface area contributed by atoms with Crippen LogP contribution in [0.15, 0.2) is 36.0 Å². The highest BCUT2D eigenvalue weighted by Gasteiger charge is 2.48. The Balaban J connectivity index is 2.54. The van der Waals surface area contributed by atoms with E-state index in [0.717, 1.165) is 5.56 Å². The molecule has 1 atom stereocenters. The summed E-state index contributed by atoms with van der Waals surface area (Å²) in [5.74, 6) is 0. The molecular formula is C11H12N4O4. The first-order valence-electron chi connectivity index (χ1n) is 5.59. The van der Waals surface area contributed by atoms with Gasteiger partial charge in [-0.1, -0.05) is 30.3 Å². The smallest absolute Gasteiger partial charge is 0.190 e. The minimum atomic E-state index is -0.787. The molecule has 0 bridgehead atoms. The molecule has 0 saturated heterocycles. The van der Waals surface area contributed by atoms with Crippen molar-refractivity contribution in [3.63, 3.8) is 0 Å². The molecule has 0 aliphatic carbocycles. The molecule has 1 unspecified atom stereocenters. The van der Waals surface area contributed by atoms with E-state index in [-0.39, 0.29) is 5.70 Å². The molecule has 19 heavy (non-hydrogen) atoms. The standard InChI is InChI=1S/C11H12N4O4/c1-8-11(10-6-4-3-5-7-10)9(2)13(15(18)19)12(8)14(16)17/h3-8H,1-2H3. The lowest BCUT2D eigenvalue weighted by atomic mass is 9.99. The fourth-order valence-electron chi connectivity index (χ4n) is 2.32. The number of benzene rings is 1. The molecule has 100 valence electrons. The summed E-state index contributed by atoms with van der Waals surface area (Å²) in [7, 11) is 0. The lowest BCUT2D eigenvalue weighted by Gasteiger charge is -2.16. The Hall–Kier alpha value is -2.64. The average Bonchev–Trinajstić information content (AvgIpc) is 2.62. The van der Waals surface area contributed by atoms with Gasteiger partial charge in [0.1, 0.15) is 11.7 Å². The SMILES string of the molecule is CC1=C(c2ccccc2)C(C)N([N+](=O)[O-])N1[N+](=O)[O-]. The van der Waals surface area contributed by atoms with Crippen molar-refractivity contribution < 1.29 is 10.1 Å². The van der Waals surface area contributed by atoms with Crippen molar-refractivity contribution >= 4 is 5.57 Å². The van der Waals surface area contributed by atoms with E-state index in [1.54, 1.807) is 31.2 Å². The summed E-state index contributed by atoms with van der Waals surface area (Å²) in [5.41, 5.74) is 1.57. The van der Waals surface area contributed by atoms with Gasteiger partial charge in [0, 0.05) is 10.7 Å². The summed E-state index contributed by atoms with van der Waals surface area (Å²) in [5, 5.41) is 21.5. The van der Waals surface area contributed by atoms with E-state index in [2.05, 4.69) is 0 Å². The third kappa shape index (κ3) is 1.96. The van der Waals surface area contributed by atoms with Crippen molar-refractivity contribution in [3.8, 4) is 0 Å². The Kier molecular flexibility index (Phi) is 3.07. The fraction of sp³-hybridized carbons (Fsp3) is 0.273. The number of hydrazine groups is 3. The molecule has 0 saturated carbocycles. The van der Waals surface area contributed by atoms with Gasteiger partial charge in [0.25, 0.3) is 0 Å². The molecule has 8 nitrogen and oxygen atoms in total. The van der Waals surface area contributed by atoms with Crippen molar-refractivity contribution in [3.05, 3.63) is 61.8 Å². The van der Waals surface area contributed by atoms with Crippen molar-refractivity contribution in [1.82, 2.24) is 10.2 Å². The second kappa shape index (κ2) is 4.56. The normalized spacial score (nSPS) is 18.9. The van der Waals surface area contributed by atoms with E-state index in [0.29, 0.717) is 15.8 Å². The quantitative estimate of drug-likeness (QED) is 0.609. The molecule has 0 aromatic heterocycles. The molecule has 0 radical (unpaired) electrons. The molecule has 0 N–H and O–H groups in total. The first-order valence-corrected chi connectivity index (χ1v) is 5.59. The van der Waals surface area contributed by atoms with Crippen LogP contribution >= 0.6 is 0 Å². The maximum atomic E-state index is 11.0. The third-order valence-corrected chi connectivity index (χ3v) is 3.05. The summed E-state index contributed by atoms with van der Waals surface area (Å²) >= 11 is 0. The Bertz CT molecular complexity index is 557. The van der Waals surface area contributed by atoms with E-state index in [4.69, 9.17) is 0 Å². The van der Waals surface area contributed by atoms with Gasteiger partial charge in [-0.25, -0.2) is 20.2 Å². The maximum Gasteiger partial charge on any atom is 0.190 e. The molecule has 0 fully saturated rings. The minimum Gasteiger partial charge on any atom is -0.233 e. The van der Waals surface area contributed by atoms with Crippen LogP contribution in [-0.2, 0) is 0 Å². The molecule has 2 rings (SSSR count). The lowest BCUT2D eigenvalue weighted by molar-refractivity contribution is -0.821. The molecule has 0 spiro atoms. The monoisotopic (exact) mass is 264 g/mol. The Morgan fingerprint density at radius 1 is 1.11 bits per heavy atom. The Labute approximate surface area is 108 Å². The lowest BCUT2D eigenvalue weighted by Crippen LogP contribution is -2.48. The second-order valence-corrected chi connectivity index (χ2v) is 4.13. The summed E-state index contributed by atoms with van der Waals surface area (Å²) in [4.78, 5) is 22.0. The van der Waals surface area contributed by atoms with Crippen LogP contribution < -0.4 is 0 Å². The van der Waals surface area contributed by atoms with E-state index in [9.17, 15) is 20.2 Å². The predicted molar refractivity (Wildman–Crippen MR) is 66.2 cm³/mol. The van der Waals surface area contributed by atoms with Crippen molar-refractivity contribution in [2.24, 2.45) is 0 Å². The van der Waals surface area contributed by atoms with Crippen LogP contribution in [0.1, 0.15) is 19.4 Å².